The Hall–Kier alpha value is -2.75. The highest BCUT2D eigenvalue weighted by Gasteiger charge is 2.11. The number of hydrogen-bond donors (Lipinski definition) is 1. The van der Waals surface area contributed by atoms with Crippen molar-refractivity contribution < 1.29 is 14.4 Å². The Labute approximate surface area is 122 Å². The SMILES string of the molecule is CC(=O)c1cc(NC(=O)c2ccccc2)cc(C(C)=O)c1. The molecule has 0 aromatic heterocycles. The van der Waals surface area contributed by atoms with Crippen molar-refractivity contribution in [2.45, 2.75) is 13.8 Å². The number of amides is 1. The van der Waals surface area contributed by atoms with Crippen LogP contribution in [0.2, 0.25) is 0 Å². The third-order valence-corrected chi connectivity index (χ3v) is 3.04. The van der Waals surface area contributed by atoms with Crippen LogP contribution >= 0.6 is 0 Å². The zero-order chi connectivity index (χ0) is 15.4. The zero-order valence-corrected chi connectivity index (χ0v) is 11.8. The Kier molecular flexibility index (Phi) is 4.28. The van der Waals surface area contributed by atoms with Crippen LogP contribution in [-0.4, -0.2) is 17.5 Å². The van der Waals surface area contributed by atoms with Crippen LogP contribution in [0.4, 0.5) is 5.69 Å². The molecule has 0 heterocycles. The highest BCUT2D eigenvalue weighted by Crippen LogP contribution is 2.17. The summed E-state index contributed by atoms with van der Waals surface area (Å²) >= 11 is 0. The first-order valence-corrected chi connectivity index (χ1v) is 6.51. The van der Waals surface area contributed by atoms with E-state index < -0.39 is 0 Å². The van der Waals surface area contributed by atoms with Gasteiger partial charge >= 0.3 is 0 Å². The molecular weight excluding hydrogens is 266 g/mol. The molecule has 4 heteroatoms. The van der Waals surface area contributed by atoms with Crippen molar-refractivity contribution in [1.82, 2.24) is 0 Å². The van der Waals surface area contributed by atoms with Crippen molar-refractivity contribution in [3.8, 4) is 0 Å². The van der Waals surface area contributed by atoms with E-state index in [0.717, 1.165) is 0 Å². The van der Waals surface area contributed by atoms with Gasteiger partial charge in [0.2, 0.25) is 0 Å². The molecule has 0 aliphatic rings. The predicted molar refractivity (Wildman–Crippen MR) is 80.8 cm³/mol. The van der Waals surface area contributed by atoms with Gasteiger partial charge in [-0.3, -0.25) is 14.4 Å². The minimum atomic E-state index is -0.286. The number of Topliss-reactive ketones (excluding diaryl/α,β-unsaturated/α-hetero) is 2. The summed E-state index contributed by atoms with van der Waals surface area (Å²) in [5.41, 5.74) is 1.73. The third-order valence-electron chi connectivity index (χ3n) is 3.04. The standard InChI is InChI=1S/C17H15NO3/c1-11(19)14-8-15(12(2)20)10-16(9-14)18-17(21)13-6-4-3-5-7-13/h3-10H,1-2H3,(H,18,21). The molecule has 0 aliphatic carbocycles. The molecule has 1 amide bonds. The van der Waals surface area contributed by atoms with Gasteiger partial charge in [-0.15, -0.1) is 0 Å². The largest absolute Gasteiger partial charge is 0.322 e. The summed E-state index contributed by atoms with van der Waals surface area (Å²) in [7, 11) is 0. The van der Waals surface area contributed by atoms with Gasteiger partial charge in [0.1, 0.15) is 0 Å². The topological polar surface area (TPSA) is 63.2 Å². The number of ketones is 2. The average molecular weight is 281 g/mol. The Bertz CT molecular complexity index is 673. The van der Waals surface area contributed by atoms with E-state index in [1.165, 1.54) is 19.9 Å². The van der Waals surface area contributed by atoms with Crippen LogP contribution < -0.4 is 5.32 Å². The van der Waals surface area contributed by atoms with Gasteiger partial charge in [0, 0.05) is 22.4 Å². The molecule has 21 heavy (non-hydrogen) atoms. The average Bonchev–Trinajstić information content (AvgIpc) is 2.47. The van der Waals surface area contributed by atoms with Crippen molar-refractivity contribution in [1.29, 1.82) is 0 Å². The first-order chi connectivity index (χ1) is 9.97. The van der Waals surface area contributed by atoms with Gasteiger partial charge < -0.3 is 5.32 Å². The zero-order valence-electron chi connectivity index (χ0n) is 11.8. The van der Waals surface area contributed by atoms with Gasteiger partial charge in [0.25, 0.3) is 5.91 Å². The Balaban J connectivity index is 2.33. The third kappa shape index (κ3) is 3.63. The quantitative estimate of drug-likeness (QED) is 0.874. The van der Waals surface area contributed by atoms with Crippen molar-refractivity contribution in [3.63, 3.8) is 0 Å². The second-order valence-corrected chi connectivity index (χ2v) is 4.73. The molecule has 2 aromatic rings. The van der Waals surface area contributed by atoms with E-state index in [1.807, 2.05) is 6.07 Å². The summed E-state index contributed by atoms with van der Waals surface area (Å²) in [6, 6.07) is 13.4. The number of hydrogen-bond acceptors (Lipinski definition) is 3. The fourth-order valence-corrected chi connectivity index (χ4v) is 1.90. The van der Waals surface area contributed by atoms with Gasteiger partial charge in [0.15, 0.2) is 11.6 Å². The lowest BCUT2D eigenvalue weighted by atomic mass is 10.0. The fraction of sp³-hybridized carbons (Fsp3) is 0.118. The summed E-state index contributed by atoms with van der Waals surface area (Å²) in [6.45, 7) is 2.84. The lowest BCUT2D eigenvalue weighted by molar-refractivity contribution is 0.100. The molecular formula is C17H15NO3. The van der Waals surface area contributed by atoms with E-state index in [0.29, 0.717) is 22.4 Å². The fourth-order valence-electron chi connectivity index (χ4n) is 1.90. The molecule has 0 saturated carbocycles. The molecule has 0 unspecified atom stereocenters. The maximum Gasteiger partial charge on any atom is 0.255 e. The number of nitrogens with one attached hydrogen (secondary N) is 1. The van der Waals surface area contributed by atoms with Crippen molar-refractivity contribution in [3.05, 3.63) is 65.2 Å². The molecule has 1 N–H and O–H groups in total. The summed E-state index contributed by atoms with van der Waals surface area (Å²) in [6.07, 6.45) is 0. The minimum absolute atomic E-state index is 0.159. The van der Waals surface area contributed by atoms with E-state index in [4.69, 9.17) is 0 Å². The number of benzene rings is 2. The summed E-state index contributed by atoms with van der Waals surface area (Å²) < 4.78 is 0. The van der Waals surface area contributed by atoms with Crippen molar-refractivity contribution in [2.75, 3.05) is 5.32 Å². The van der Waals surface area contributed by atoms with E-state index in [-0.39, 0.29) is 17.5 Å². The molecule has 0 aliphatic heterocycles. The van der Waals surface area contributed by atoms with E-state index in [2.05, 4.69) is 5.32 Å². The molecule has 2 rings (SSSR count). The number of carbonyl (C=O) groups excluding carboxylic acids is 3. The number of anilines is 1. The Morgan fingerprint density at radius 1 is 0.762 bits per heavy atom. The van der Waals surface area contributed by atoms with Gasteiger partial charge in [-0.1, -0.05) is 18.2 Å². The van der Waals surface area contributed by atoms with Crippen LogP contribution in [0.15, 0.2) is 48.5 Å². The maximum absolute atomic E-state index is 12.1. The first kappa shape index (κ1) is 14.7. The van der Waals surface area contributed by atoms with Crippen molar-refractivity contribution >= 4 is 23.2 Å². The molecule has 0 radical (unpaired) electrons. The monoisotopic (exact) mass is 281 g/mol. The normalized spacial score (nSPS) is 10.0. The van der Waals surface area contributed by atoms with Crippen LogP contribution in [-0.2, 0) is 0 Å². The predicted octanol–water partition coefficient (Wildman–Crippen LogP) is 3.34. The molecule has 4 nitrogen and oxygen atoms in total. The van der Waals surface area contributed by atoms with Crippen LogP contribution in [0.3, 0.4) is 0 Å². The van der Waals surface area contributed by atoms with E-state index >= 15 is 0 Å². The molecule has 0 bridgehead atoms. The van der Waals surface area contributed by atoms with Crippen LogP contribution in [0, 0.1) is 0 Å². The Morgan fingerprint density at radius 3 is 1.76 bits per heavy atom. The Morgan fingerprint density at radius 2 is 1.29 bits per heavy atom. The van der Waals surface area contributed by atoms with Gasteiger partial charge in [-0.05, 0) is 44.2 Å². The van der Waals surface area contributed by atoms with Crippen LogP contribution in [0.25, 0.3) is 0 Å². The van der Waals surface area contributed by atoms with Gasteiger partial charge in [-0.2, -0.15) is 0 Å². The van der Waals surface area contributed by atoms with Gasteiger partial charge in [-0.25, -0.2) is 0 Å². The smallest absolute Gasteiger partial charge is 0.255 e. The lowest BCUT2D eigenvalue weighted by Crippen LogP contribution is -2.13. The second kappa shape index (κ2) is 6.13. The molecule has 0 saturated heterocycles. The summed E-state index contributed by atoms with van der Waals surface area (Å²) in [5.74, 6) is -0.604. The molecule has 0 spiro atoms. The highest BCUT2D eigenvalue weighted by atomic mass is 16.1. The maximum atomic E-state index is 12.1. The second-order valence-electron chi connectivity index (χ2n) is 4.73. The molecule has 106 valence electrons. The highest BCUT2D eigenvalue weighted by molar-refractivity contribution is 6.06. The van der Waals surface area contributed by atoms with Gasteiger partial charge in [0.05, 0.1) is 0 Å². The number of carbonyl (C=O) groups is 3. The van der Waals surface area contributed by atoms with E-state index in [9.17, 15) is 14.4 Å². The minimum Gasteiger partial charge on any atom is -0.322 e. The van der Waals surface area contributed by atoms with Crippen LogP contribution in [0.5, 0.6) is 0 Å². The van der Waals surface area contributed by atoms with E-state index in [1.54, 1.807) is 36.4 Å². The number of rotatable bonds is 4. The molecule has 2 aromatic carbocycles. The summed E-state index contributed by atoms with van der Waals surface area (Å²) in [5, 5.41) is 2.71. The molecule has 0 fully saturated rings. The van der Waals surface area contributed by atoms with Crippen molar-refractivity contribution in [2.24, 2.45) is 0 Å². The molecule has 0 atom stereocenters. The first-order valence-electron chi connectivity index (χ1n) is 6.51. The van der Waals surface area contributed by atoms with Crippen LogP contribution in [0.1, 0.15) is 44.9 Å². The summed E-state index contributed by atoms with van der Waals surface area (Å²) in [4.78, 5) is 35.1. The lowest BCUT2D eigenvalue weighted by Gasteiger charge is -2.08.